The standard InChI is InChI=1S/C15H21NO6S/c1-10(2)8-12(15(17)20-3)16-23(18,19)11-4-5-13-14(9-11)22-7-6-21-13/h4-5,9-10,12,16H,6-8H2,1-3H3/t12-/m1/s1. The van der Waals surface area contributed by atoms with Gasteiger partial charge in [-0.15, -0.1) is 0 Å². The van der Waals surface area contributed by atoms with E-state index < -0.39 is 22.0 Å². The van der Waals surface area contributed by atoms with E-state index in [0.717, 1.165) is 0 Å². The number of sulfonamides is 1. The van der Waals surface area contributed by atoms with E-state index in [1.165, 1.54) is 19.2 Å². The number of nitrogens with one attached hydrogen (secondary N) is 1. The second-order valence-corrected chi connectivity index (χ2v) is 7.35. The number of rotatable bonds is 6. The van der Waals surface area contributed by atoms with E-state index in [4.69, 9.17) is 9.47 Å². The highest BCUT2D eigenvalue weighted by Gasteiger charge is 2.28. The van der Waals surface area contributed by atoms with E-state index in [0.29, 0.717) is 31.1 Å². The first-order chi connectivity index (χ1) is 10.8. The smallest absolute Gasteiger partial charge is 0.323 e. The Kier molecular flexibility index (Phi) is 5.48. The summed E-state index contributed by atoms with van der Waals surface area (Å²) in [6, 6.07) is 3.41. The van der Waals surface area contributed by atoms with Crippen molar-refractivity contribution in [2.24, 2.45) is 5.92 Å². The van der Waals surface area contributed by atoms with Crippen LogP contribution < -0.4 is 14.2 Å². The molecule has 1 aliphatic heterocycles. The van der Waals surface area contributed by atoms with Gasteiger partial charge in [-0.05, 0) is 24.5 Å². The van der Waals surface area contributed by atoms with Crippen LogP contribution in [0.1, 0.15) is 20.3 Å². The van der Waals surface area contributed by atoms with Crippen molar-refractivity contribution in [1.29, 1.82) is 0 Å². The highest BCUT2D eigenvalue weighted by atomic mass is 32.2. The molecule has 1 aliphatic rings. The fourth-order valence-corrected chi connectivity index (χ4v) is 3.46. The first-order valence-electron chi connectivity index (χ1n) is 7.33. The molecule has 0 spiro atoms. The Balaban J connectivity index is 2.24. The maximum Gasteiger partial charge on any atom is 0.323 e. The van der Waals surface area contributed by atoms with Crippen molar-refractivity contribution in [3.63, 3.8) is 0 Å². The zero-order valence-corrected chi connectivity index (χ0v) is 14.2. The number of ether oxygens (including phenoxy) is 3. The summed E-state index contributed by atoms with van der Waals surface area (Å²) in [5.41, 5.74) is 0. The molecular weight excluding hydrogens is 322 g/mol. The van der Waals surface area contributed by atoms with Crippen molar-refractivity contribution >= 4 is 16.0 Å². The second kappa shape index (κ2) is 7.18. The molecule has 1 N–H and O–H groups in total. The normalized spacial score (nSPS) is 15.3. The minimum atomic E-state index is -3.88. The van der Waals surface area contributed by atoms with Crippen LogP contribution in [0, 0.1) is 5.92 Å². The SMILES string of the molecule is COC(=O)[C@@H](CC(C)C)NS(=O)(=O)c1ccc2c(c1)OCCO2. The predicted octanol–water partition coefficient (Wildman–Crippen LogP) is 1.32. The lowest BCUT2D eigenvalue weighted by Crippen LogP contribution is -2.42. The number of carbonyl (C=O) groups is 1. The molecular formula is C15H21NO6S. The molecule has 7 nitrogen and oxygen atoms in total. The fourth-order valence-electron chi connectivity index (χ4n) is 2.25. The molecule has 0 saturated heterocycles. The number of methoxy groups -OCH3 is 1. The summed E-state index contributed by atoms with van der Waals surface area (Å²) in [5.74, 6) is 0.390. The van der Waals surface area contributed by atoms with Gasteiger partial charge in [0.05, 0.1) is 12.0 Å². The summed E-state index contributed by atoms with van der Waals surface area (Å²) in [5, 5.41) is 0. The average molecular weight is 343 g/mol. The van der Waals surface area contributed by atoms with Crippen LogP contribution in [0.25, 0.3) is 0 Å². The van der Waals surface area contributed by atoms with Crippen LogP contribution >= 0.6 is 0 Å². The average Bonchev–Trinajstić information content (AvgIpc) is 2.52. The maximum atomic E-state index is 12.5. The third-order valence-electron chi connectivity index (χ3n) is 3.31. The molecule has 1 heterocycles. The first kappa shape index (κ1) is 17.6. The molecule has 23 heavy (non-hydrogen) atoms. The maximum absolute atomic E-state index is 12.5. The van der Waals surface area contributed by atoms with Crippen LogP contribution in [0.5, 0.6) is 11.5 Å². The molecule has 0 radical (unpaired) electrons. The molecule has 0 bridgehead atoms. The third-order valence-corrected chi connectivity index (χ3v) is 4.78. The summed E-state index contributed by atoms with van der Waals surface area (Å²) in [6.07, 6.45) is 0.344. The summed E-state index contributed by atoms with van der Waals surface area (Å²) >= 11 is 0. The van der Waals surface area contributed by atoms with E-state index in [-0.39, 0.29) is 10.8 Å². The van der Waals surface area contributed by atoms with Gasteiger partial charge in [-0.1, -0.05) is 13.8 Å². The van der Waals surface area contributed by atoms with E-state index in [1.54, 1.807) is 6.07 Å². The van der Waals surface area contributed by atoms with Crippen molar-refractivity contribution in [1.82, 2.24) is 4.72 Å². The molecule has 8 heteroatoms. The molecule has 0 fully saturated rings. The van der Waals surface area contributed by atoms with E-state index in [9.17, 15) is 13.2 Å². The zero-order valence-electron chi connectivity index (χ0n) is 13.4. The lowest BCUT2D eigenvalue weighted by Gasteiger charge is -2.21. The minimum Gasteiger partial charge on any atom is -0.486 e. The van der Waals surface area contributed by atoms with Gasteiger partial charge < -0.3 is 14.2 Å². The van der Waals surface area contributed by atoms with Crippen molar-refractivity contribution in [3.05, 3.63) is 18.2 Å². The Labute approximate surface area is 136 Å². The Bertz CT molecular complexity index is 671. The van der Waals surface area contributed by atoms with Gasteiger partial charge in [-0.2, -0.15) is 4.72 Å². The van der Waals surface area contributed by atoms with Gasteiger partial charge in [-0.25, -0.2) is 8.42 Å². The quantitative estimate of drug-likeness (QED) is 0.784. The molecule has 0 aliphatic carbocycles. The number of hydrogen-bond donors (Lipinski definition) is 1. The van der Waals surface area contributed by atoms with E-state index in [2.05, 4.69) is 9.46 Å². The Morgan fingerprint density at radius 3 is 2.52 bits per heavy atom. The molecule has 0 saturated carbocycles. The Hall–Kier alpha value is -1.80. The van der Waals surface area contributed by atoms with E-state index >= 15 is 0 Å². The van der Waals surface area contributed by atoms with E-state index in [1.807, 2.05) is 13.8 Å². The number of benzene rings is 1. The predicted molar refractivity (Wildman–Crippen MR) is 83.0 cm³/mol. The Morgan fingerprint density at radius 2 is 1.91 bits per heavy atom. The second-order valence-electron chi connectivity index (χ2n) is 5.63. The molecule has 0 aromatic heterocycles. The highest BCUT2D eigenvalue weighted by molar-refractivity contribution is 7.89. The van der Waals surface area contributed by atoms with Crippen LogP contribution in [-0.4, -0.2) is 40.8 Å². The minimum absolute atomic E-state index is 0.0133. The number of fused-ring (bicyclic) bond motifs is 1. The van der Waals surface area contributed by atoms with Crippen LogP contribution in [0.15, 0.2) is 23.1 Å². The summed E-state index contributed by atoms with van der Waals surface area (Å²) in [4.78, 5) is 11.8. The monoisotopic (exact) mass is 343 g/mol. The number of carbonyl (C=O) groups excluding carboxylic acids is 1. The molecule has 1 aromatic rings. The summed E-state index contributed by atoms with van der Waals surface area (Å²) in [6.45, 7) is 4.58. The molecule has 0 amide bonds. The Morgan fingerprint density at radius 1 is 1.26 bits per heavy atom. The lowest BCUT2D eigenvalue weighted by molar-refractivity contribution is -0.143. The topological polar surface area (TPSA) is 90.9 Å². The van der Waals surface area contributed by atoms with Gasteiger partial charge in [0.1, 0.15) is 19.3 Å². The van der Waals surface area contributed by atoms with Crippen molar-refractivity contribution in [2.75, 3.05) is 20.3 Å². The van der Waals surface area contributed by atoms with Gasteiger partial charge in [0, 0.05) is 6.07 Å². The van der Waals surface area contributed by atoms with Gasteiger partial charge in [-0.3, -0.25) is 4.79 Å². The molecule has 1 aromatic carbocycles. The zero-order chi connectivity index (χ0) is 17.0. The fraction of sp³-hybridized carbons (Fsp3) is 0.533. The highest BCUT2D eigenvalue weighted by Crippen LogP contribution is 2.32. The van der Waals surface area contributed by atoms with Crippen molar-refractivity contribution in [2.45, 2.75) is 31.2 Å². The molecule has 2 rings (SSSR count). The number of esters is 1. The van der Waals surface area contributed by atoms with Gasteiger partial charge in [0.15, 0.2) is 11.5 Å². The van der Waals surface area contributed by atoms with Crippen molar-refractivity contribution in [3.8, 4) is 11.5 Å². The third kappa shape index (κ3) is 4.35. The van der Waals surface area contributed by atoms with Gasteiger partial charge >= 0.3 is 5.97 Å². The molecule has 128 valence electrons. The first-order valence-corrected chi connectivity index (χ1v) is 8.81. The molecule has 1 atom stereocenters. The summed E-state index contributed by atoms with van der Waals surface area (Å²) in [7, 11) is -2.65. The number of hydrogen-bond acceptors (Lipinski definition) is 6. The van der Waals surface area contributed by atoms with Crippen LogP contribution in [-0.2, 0) is 19.6 Å². The summed E-state index contributed by atoms with van der Waals surface area (Å²) < 4.78 is 42.9. The van der Waals surface area contributed by atoms with Gasteiger partial charge in [0.25, 0.3) is 0 Å². The van der Waals surface area contributed by atoms with Crippen molar-refractivity contribution < 1.29 is 27.4 Å². The van der Waals surface area contributed by atoms with Crippen LogP contribution in [0.4, 0.5) is 0 Å². The van der Waals surface area contributed by atoms with Gasteiger partial charge in [0.2, 0.25) is 10.0 Å². The largest absolute Gasteiger partial charge is 0.486 e. The lowest BCUT2D eigenvalue weighted by atomic mass is 10.1. The molecule has 0 unspecified atom stereocenters. The van der Waals surface area contributed by atoms with Crippen LogP contribution in [0.3, 0.4) is 0 Å². The van der Waals surface area contributed by atoms with Crippen LogP contribution in [0.2, 0.25) is 0 Å².